The zero-order chi connectivity index (χ0) is 18.1. The number of carbonyl (C=O) groups excluding carboxylic acids is 2. The molecule has 1 aliphatic heterocycles. The summed E-state index contributed by atoms with van der Waals surface area (Å²) in [6.07, 6.45) is 1.37. The number of aryl methyl sites for hydroxylation is 1. The molecular formula is C20H19N3O3. The molecule has 1 aliphatic rings. The summed E-state index contributed by atoms with van der Waals surface area (Å²) < 4.78 is 5.27. The van der Waals surface area contributed by atoms with E-state index in [9.17, 15) is 9.59 Å². The Morgan fingerprint density at radius 2 is 1.46 bits per heavy atom. The first-order chi connectivity index (χ1) is 12.6. The SMILES string of the molecule is Cc1ccc(C(=O)N2CCN(C(=O)c3ccc4ncoc4c3)CC2)cc1. The van der Waals surface area contributed by atoms with E-state index in [-0.39, 0.29) is 11.8 Å². The number of benzene rings is 2. The molecule has 0 bridgehead atoms. The van der Waals surface area contributed by atoms with Gasteiger partial charge in [0.15, 0.2) is 12.0 Å². The van der Waals surface area contributed by atoms with Gasteiger partial charge >= 0.3 is 0 Å². The van der Waals surface area contributed by atoms with Crippen molar-refractivity contribution < 1.29 is 14.0 Å². The van der Waals surface area contributed by atoms with E-state index in [4.69, 9.17) is 4.42 Å². The van der Waals surface area contributed by atoms with Gasteiger partial charge in [-0.25, -0.2) is 4.98 Å². The lowest BCUT2D eigenvalue weighted by Crippen LogP contribution is -2.50. The maximum Gasteiger partial charge on any atom is 0.254 e. The van der Waals surface area contributed by atoms with Crippen LogP contribution in [-0.4, -0.2) is 52.8 Å². The molecule has 6 heteroatoms. The first kappa shape index (κ1) is 16.3. The summed E-state index contributed by atoms with van der Waals surface area (Å²) in [4.78, 5) is 32.9. The van der Waals surface area contributed by atoms with Crippen LogP contribution in [0, 0.1) is 6.92 Å². The standard InChI is InChI=1S/C20H19N3O3/c1-14-2-4-15(5-3-14)19(24)22-8-10-23(11-9-22)20(25)16-6-7-17-18(12-16)26-13-21-17/h2-7,12-13H,8-11H2,1H3. The number of nitrogens with zero attached hydrogens (tertiary/aromatic N) is 3. The third kappa shape index (κ3) is 3.06. The van der Waals surface area contributed by atoms with Crippen LogP contribution in [0.1, 0.15) is 26.3 Å². The molecule has 0 spiro atoms. The Hall–Kier alpha value is -3.15. The Labute approximate surface area is 151 Å². The van der Waals surface area contributed by atoms with Crippen molar-refractivity contribution in [1.82, 2.24) is 14.8 Å². The summed E-state index contributed by atoms with van der Waals surface area (Å²) in [5, 5.41) is 0. The summed E-state index contributed by atoms with van der Waals surface area (Å²) in [6, 6.07) is 12.8. The van der Waals surface area contributed by atoms with Gasteiger partial charge in [-0.3, -0.25) is 9.59 Å². The average molecular weight is 349 g/mol. The van der Waals surface area contributed by atoms with Gasteiger partial charge in [-0.05, 0) is 37.3 Å². The van der Waals surface area contributed by atoms with Gasteiger partial charge in [0, 0.05) is 37.3 Å². The van der Waals surface area contributed by atoms with Crippen molar-refractivity contribution in [2.75, 3.05) is 26.2 Å². The van der Waals surface area contributed by atoms with E-state index < -0.39 is 0 Å². The molecule has 0 N–H and O–H groups in total. The monoisotopic (exact) mass is 349 g/mol. The summed E-state index contributed by atoms with van der Waals surface area (Å²) in [5.74, 6) is -0.0362. The van der Waals surface area contributed by atoms with E-state index in [2.05, 4.69) is 4.98 Å². The molecule has 0 aliphatic carbocycles. The fourth-order valence-corrected chi connectivity index (χ4v) is 3.16. The highest BCUT2D eigenvalue weighted by molar-refractivity contribution is 5.97. The van der Waals surface area contributed by atoms with Crippen molar-refractivity contribution in [3.63, 3.8) is 0 Å². The molecule has 26 heavy (non-hydrogen) atoms. The Kier molecular flexibility index (Phi) is 4.16. The van der Waals surface area contributed by atoms with Crippen LogP contribution in [0.25, 0.3) is 11.1 Å². The second-order valence-electron chi connectivity index (χ2n) is 6.49. The maximum atomic E-state index is 12.7. The Morgan fingerprint density at radius 3 is 2.12 bits per heavy atom. The topological polar surface area (TPSA) is 66.7 Å². The predicted molar refractivity (Wildman–Crippen MR) is 97.0 cm³/mol. The van der Waals surface area contributed by atoms with E-state index in [1.54, 1.807) is 28.0 Å². The maximum absolute atomic E-state index is 12.7. The number of fused-ring (bicyclic) bond motifs is 1. The lowest BCUT2D eigenvalue weighted by atomic mass is 10.1. The van der Waals surface area contributed by atoms with Crippen LogP contribution in [0.15, 0.2) is 53.3 Å². The molecule has 2 aromatic carbocycles. The highest BCUT2D eigenvalue weighted by atomic mass is 16.3. The lowest BCUT2D eigenvalue weighted by molar-refractivity contribution is 0.0535. The molecule has 4 rings (SSSR count). The first-order valence-corrected chi connectivity index (χ1v) is 8.60. The van der Waals surface area contributed by atoms with Gasteiger partial charge in [-0.15, -0.1) is 0 Å². The number of carbonyl (C=O) groups is 2. The van der Waals surface area contributed by atoms with Crippen LogP contribution < -0.4 is 0 Å². The van der Waals surface area contributed by atoms with E-state index in [1.165, 1.54) is 6.39 Å². The van der Waals surface area contributed by atoms with E-state index in [1.807, 2.05) is 31.2 Å². The van der Waals surface area contributed by atoms with E-state index in [0.717, 1.165) is 11.1 Å². The first-order valence-electron chi connectivity index (χ1n) is 8.60. The van der Waals surface area contributed by atoms with Gasteiger partial charge in [0.25, 0.3) is 11.8 Å². The third-order valence-corrected chi connectivity index (χ3v) is 4.73. The number of piperazine rings is 1. The molecule has 0 atom stereocenters. The minimum Gasteiger partial charge on any atom is -0.443 e. The van der Waals surface area contributed by atoms with Crippen molar-refractivity contribution in [2.24, 2.45) is 0 Å². The fourth-order valence-electron chi connectivity index (χ4n) is 3.16. The number of hydrogen-bond donors (Lipinski definition) is 0. The van der Waals surface area contributed by atoms with Crippen LogP contribution in [-0.2, 0) is 0 Å². The number of amides is 2. The fraction of sp³-hybridized carbons (Fsp3) is 0.250. The molecule has 3 aromatic rings. The van der Waals surface area contributed by atoms with Crippen molar-refractivity contribution in [3.8, 4) is 0 Å². The Balaban J connectivity index is 1.41. The van der Waals surface area contributed by atoms with Crippen LogP contribution >= 0.6 is 0 Å². The van der Waals surface area contributed by atoms with Crippen LogP contribution in [0.3, 0.4) is 0 Å². The predicted octanol–water partition coefficient (Wildman–Crippen LogP) is 2.73. The number of oxazole rings is 1. The Bertz CT molecular complexity index is 954. The highest BCUT2D eigenvalue weighted by Crippen LogP contribution is 2.17. The number of rotatable bonds is 2. The zero-order valence-corrected chi connectivity index (χ0v) is 14.5. The van der Waals surface area contributed by atoms with E-state index >= 15 is 0 Å². The van der Waals surface area contributed by atoms with Gasteiger partial charge in [-0.1, -0.05) is 17.7 Å². The minimum absolute atomic E-state index is 0.0141. The van der Waals surface area contributed by atoms with Gasteiger partial charge in [0.05, 0.1) is 0 Å². The smallest absolute Gasteiger partial charge is 0.254 e. The van der Waals surface area contributed by atoms with Crippen LogP contribution in [0.2, 0.25) is 0 Å². The zero-order valence-electron chi connectivity index (χ0n) is 14.5. The largest absolute Gasteiger partial charge is 0.443 e. The molecule has 6 nitrogen and oxygen atoms in total. The molecule has 2 amide bonds. The average Bonchev–Trinajstić information content (AvgIpc) is 3.15. The van der Waals surface area contributed by atoms with Gasteiger partial charge < -0.3 is 14.2 Å². The molecule has 1 fully saturated rings. The second kappa shape index (κ2) is 6.63. The normalized spacial score (nSPS) is 14.7. The molecule has 1 saturated heterocycles. The summed E-state index contributed by atoms with van der Waals surface area (Å²) >= 11 is 0. The second-order valence-corrected chi connectivity index (χ2v) is 6.49. The molecule has 0 radical (unpaired) electrons. The molecular weight excluding hydrogens is 330 g/mol. The van der Waals surface area contributed by atoms with Crippen LogP contribution in [0.5, 0.6) is 0 Å². The molecule has 1 aromatic heterocycles. The summed E-state index contributed by atoms with van der Waals surface area (Å²) in [7, 11) is 0. The van der Waals surface area contributed by atoms with Gasteiger partial charge in [-0.2, -0.15) is 0 Å². The van der Waals surface area contributed by atoms with E-state index in [0.29, 0.717) is 42.9 Å². The lowest BCUT2D eigenvalue weighted by Gasteiger charge is -2.34. The highest BCUT2D eigenvalue weighted by Gasteiger charge is 2.25. The van der Waals surface area contributed by atoms with Crippen molar-refractivity contribution >= 4 is 22.9 Å². The minimum atomic E-state index is -0.0502. The van der Waals surface area contributed by atoms with Gasteiger partial charge in [0.1, 0.15) is 5.52 Å². The third-order valence-electron chi connectivity index (χ3n) is 4.73. The molecule has 0 saturated carbocycles. The number of aromatic nitrogens is 1. The number of hydrogen-bond acceptors (Lipinski definition) is 4. The van der Waals surface area contributed by atoms with Crippen molar-refractivity contribution in [2.45, 2.75) is 6.92 Å². The van der Waals surface area contributed by atoms with Crippen molar-refractivity contribution in [3.05, 3.63) is 65.5 Å². The van der Waals surface area contributed by atoms with Crippen molar-refractivity contribution in [1.29, 1.82) is 0 Å². The Morgan fingerprint density at radius 1 is 0.885 bits per heavy atom. The molecule has 132 valence electrons. The van der Waals surface area contributed by atoms with Gasteiger partial charge in [0.2, 0.25) is 0 Å². The quantitative estimate of drug-likeness (QED) is 0.713. The van der Waals surface area contributed by atoms with Crippen LogP contribution in [0.4, 0.5) is 0 Å². The summed E-state index contributed by atoms with van der Waals surface area (Å²) in [5.41, 5.74) is 3.72. The summed E-state index contributed by atoms with van der Waals surface area (Å²) in [6.45, 7) is 4.09. The molecule has 0 unspecified atom stereocenters. The molecule has 2 heterocycles.